The highest BCUT2D eigenvalue weighted by Gasteiger charge is 2.47. The van der Waals surface area contributed by atoms with Gasteiger partial charge < -0.3 is 10.1 Å². The molecule has 4 rings (SSSR count). The van der Waals surface area contributed by atoms with Gasteiger partial charge in [0, 0.05) is 6.54 Å². The van der Waals surface area contributed by atoms with E-state index in [0.29, 0.717) is 25.3 Å². The number of nitrogens with one attached hydrogen (secondary N) is 1. The molecule has 2 N–H and O–H groups in total. The van der Waals surface area contributed by atoms with Gasteiger partial charge in [-0.2, -0.15) is 0 Å². The van der Waals surface area contributed by atoms with Crippen molar-refractivity contribution < 1.29 is 14.7 Å². The van der Waals surface area contributed by atoms with E-state index >= 15 is 0 Å². The van der Waals surface area contributed by atoms with Crippen molar-refractivity contribution in [3.63, 3.8) is 0 Å². The summed E-state index contributed by atoms with van der Waals surface area (Å²) in [6.45, 7) is 2.29. The SMILES string of the molecule is CCN(C(=O)C1(CC(=O)O)Cc2ccccc2C1)c1nc2ccccc2[nH]1. The van der Waals surface area contributed by atoms with E-state index < -0.39 is 11.4 Å². The zero-order valence-electron chi connectivity index (χ0n) is 15.1. The third-order valence-electron chi connectivity index (χ3n) is 5.31. The first kappa shape index (κ1) is 17.3. The molecule has 1 amide bonds. The highest BCUT2D eigenvalue weighted by molar-refractivity contribution is 6.00. The summed E-state index contributed by atoms with van der Waals surface area (Å²) in [4.78, 5) is 34.5. The molecule has 0 bridgehead atoms. The van der Waals surface area contributed by atoms with Crippen LogP contribution in [0.25, 0.3) is 11.0 Å². The summed E-state index contributed by atoms with van der Waals surface area (Å²) in [6, 6.07) is 15.4. The average Bonchev–Trinajstić information content (AvgIpc) is 3.22. The normalized spacial score (nSPS) is 14.9. The maximum atomic E-state index is 13.6. The molecule has 0 atom stereocenters. The topological polar surface area (TPSA) is 86.3 Å². The third-order valence-corrected chi connectivity index (χ3v) is 5.31. The van der Waals surface area contributed by atoms with Crippen LogP contribution in [0.1, 0.15) is 24.5 Å². The summed E-state index contributed by atoms with van der Waals surface area (Å²) in [7, 11) is 0. The molecule has 27 heavy (non-hydrogen) atoms. The number of carboxylic acid groups (broad SMARTS) is 1. The number of H-pyrrole nitrogens is 1. The zero-order valence-corrected chi connectivity index (χ0v) is 15.1. The number of hydrogen-bond donors (Lipinski definition) is 2. The van der Waals surface area contributed by atoms with Gasteiger partial charge in [0.05, 0.1) is 22.9 Å². The Balaban J connectivity index is 1.73. The van der Waals surface area contributed by atoms with Crippen LogP contribution in [0, 0.1) is 5.41 Å². The number of imidazole rings is 1. The molecule has 3 aromatic rings. The third kappa shape index (κ3) is 2.97. The van der Waals surface area contributed by atoms with Crippen molar-refractivity contribution in [2.24, 2.45) is 5.41 Å². The number of benzene rings is 2. The Morgan fingerprint density at radius 2 is 1.74 bits per heavy atom. The Morgan fingerprint density at radius 1 is 1.11 bits per heavy atom. The molecule has 0 unspecified atom stereocenters. The van der Waals surface area contributed by atoms with Crippen molar-refractivity contribution in [3.8, 4) is 0 Å². The Kier molecular flexibility index (Phi) is 4.18. The van der Waals surface area contributed by atoms with E-state index in [1.165, 1.54) is 0 Å². The number of aromatic nitrogens is 2. The molecule has 0 aliphatic heterocycles. The minimum Gasteiger partial charge on any atom is -0.481 e. The van der Waals surface area contributed by atoms with Gasteiger partial charge in [0.15, 0.2) is 0 Å². The lowest BCUT2D eigenvalue weighted by Crippen LogP contribution is -2.46. The fourth-order valence-corrected chi connectivity index (χ4v) is 4.08. The Labute approximate surface area is 156 Å². The number of aromatic amines is 1. The van der Waals surface area contributed by atoms with Crippen LogP contribution in [0.2, 0.25) is 0 Å². The Morgan fingerprint density at radius 3 is 2.33 bits per heavy atom. The first-order valence-electron chi connectivity index (χ1n) is 9.08. The number of nitrogens with zero attached hydrogens (tertiary/aromatic N) is 2. The summed E-state index contributed by atoms with van der Waals surface area (Å²) in [5.74, 6) is -0.691. The number of fused-ring (bicyclic) bond motifs is 2. The van der Waals surface area contributed by atoms with Crippen LogP contribution < -0.4 is 4.90 Å². The standard InChI is InChI=1S/C21H21N3O3/c1-2-24(20-22-16-9-5-6-10-17(16)23-20)19(27)21(13-18(25)26)11-14-7-3-4-8-15(14)12-21/h3-10H,2,11-13H2,1H3,(H,22,23)(H,25,26). The number of anilines is 1. The van der Waals surface area contributed by atoms with Crippen LogP contribution in [-0.2, 0) is 22.4 Å². The molecule has 0 saturated heterocycles. The van der Waals surface area contributed by atoms with Gasteiger partial charge in [-0.1, -0.05) is 36.4 Å². The number of aliphatic carboxylic acids is 1. The monoisotopic (exact) mass is 363 g/mol. The maximum absolute atomic E-state index is 13.6. The van der Waals surface area contributed by atoms with Gasteiger partial charge in [0.1, 0.15) is 0 Å². The molecule has 1 aliphatic rings. The fraction of sp³-hybridized carbons (Fsp3) is 0.286. The summed E-state index contributed by atoms with van der Waals surface area (Å²) in [5, 5.41) is 9.51. The van der Waals surface area contributed by atoms with E-state index in [0.717, 1.165) is 22.2 Å². The molecule has 1 heterocycles. The van der Waals surface area contributed by atoms with Crippen molar-refractivity contribution in [1.82, 2.24) is 9.97 Å². The second kappa shape index (κ2) is 6.54. The molecule has 0 radical (unpaired) electrons. The molecule has 0 spiro atoms. The van der Waals surface area contributed by atoms with Crippen LogP contribution >= 0.6 is 0 Å². The molecule has 0 saturated carbocycles. The number of carbonyl (C=O) groups excluding carboxylic acids is 1. The first-order valence-corrected chi connectivity index (χ1v) is 9.08. The Bertz CT molecular complexity index is 966. The maximum Gasteiger partial charge on any atom is 0.304 e. The minimum absolute atomic E-state index is 0.192. The van der Waals surface area contributed by atoms with Crippen molar-refractivity contribution in [1.29, 1.82) is 0 Å². The second-order valence-corrected chi connectivity index (χ2v) is 7.10. The average molecular weight is 363 g/mol. The minimum atomic E-state index is -0.982. The molecule has 6 nitrogen and oxygen atoms in total. The van der Waals surface area contributed by atoms with Crippen molar-refractivity contribution >= 4 is 28.9 Å². The van der Waals surface area contributed by atoms with E-state index in [9.17, 15) is 14.7 Å². The van der Waals surface area contributed by atoms with Crippen molar-refractivity contribution in [2.45, 2.75) is 26.2 Å². The van der Waals surface area contributed by atoms with Crippen LogP contribution in [0.5, 0.6) is 0 Å². The molecule has 138 valence electrons. The molecule has 6 heteroatoms. The Hall–Kier alpha value is -3.15. The lowest BCUT2D eigenvalue weighted by Gasteiger charge is -2.31. The smallest absolute Gasteiger partial charge is 0.304 e. The van der Waals surface area contributed by atoms with E-state index in [4.69, 9.17) is 0 Å². The zero-order chi connectivity index (χ0) is 19.0. The molecule has 2 aromatic carbocycles. The predicted octanol–water partition coefficient (Wildman–Crippen LogP) is 3.18. The summed E-state index contributed by atoms with van der Waals surface area (Å²) in [5.41, 5.74) is 2.74. The number of carboxylic acids is 1. The number of amides is 1. The molecule has 0 fully saturated rings. The highest BCUT2D eigenvalue weighted by Crippen LogP contribution is 2.42. The van der Waals surface area contributed by atoms with Gasteiger partial charge in [-0.25, -0.2) is 4.98 Å². The quantitative estimate of drug-likeness (QED) is 0.729. The van der Waals surface area contributed by atoms with Gasteiger partial charge in [-0.15, -0.1) is 0 Å². The van der Waals surface area contributed by atoms with Crippen molar-refractivity contribution in [3.05, 3.63) is 59.7 Å². The first-order chi connectivity index (χ1) is 13.0. The molecule has 1 aromatic heterocycles. The second-order valence-electron chi connectivity index (χ2n) is 7.10. The molecular formula is C21H21N3O3. The summed E-state index contributed by atoms with van der Waals surface area (Å²) < 4.78 is 0. The summed E-state index contributed by atoms with van der Waals surface area (Å²) in [6.07, 6.45) is 0.674. The fourth-order valence-electron chi connectivity index (χ4n) is 4.08. The lowest BCUT2D eigenvalue weighted by molar-refractivity contribution is -0.144. The largest absolute Gasteiger partial charge is 0.481 e. The molecular weight excluding hydrogens is 342 g/mol. The lowest BCUT2D eigenvalue weighted by atomic mass is 9.79. The van der Waals surface area contributed by atoms with Crippen LogP contribution in [-0.4, -0.2) is 33.5 Å². The van der Waals surface area contributed by atoms with E-state index in [-0.39, 0.29) is 12.3 Å². The van der Waals surface area contributed by atoms with Gasteiger partial charge in [0.25, 0.3) is 0 Å². The van der Waals surface area contributed by atoms with Crippen molar-refractivity contribution in [2.75, 3.05) is 11.4 Å². The van der Waals surface area contributed by atoms with Crippen LogP contribution in [0.3, 0.4) is 0 Å². The number of para-hydroxylation sites is 2. The van der Waals surface area contributed by atoms with Crippen LogP contribution in [0.15, 0.2) is 48.5 Å². The number of hydrogen-bond acceptors (Lipinski definition) is 3. The number of carbonyl (C=O) groups is 2. The van der Waals surface area contributed by atoms with Gasteiger partial charge in [0.2, 0.25) is 11.9 Å². The van der Waals surface area contributed by atoms with Gasteiger partial charge >= 0.3 is 5.97 Å². The van der Waals surface area contributed by atoms with Crippen LogP contribution in [0.4, 0.5) is 5.95 Å². The van der Waals surface area contributed by atoms with E-state index in [2.05, 4.69) is 9.97 Å². The number of rotatable bonds is 5. The summed E-state index contributed by atoms with van der Waals surface area (Å²) >= 11 is 0. The van der Waals surface area contributed by atoms with Gasteiger partial charge in [-0.3, -0.25) is 14.5 Å². The predicted molar refractivity (Wildman–Crippen MR) is 103 cm³/mol. The van der Waals surface area contributed by atoms with E-state index in [1.54, 1.807) is 4.90 Å². The highest BCUT2D eigenvalue weighted by atomic mass is 16.4. The van der Waals surface area contributed by atoms with E-state index in [1.807, 2.05) is 55.5 Å². The van der Waals surface area contributed by atoms with Gasteiger partial charge in [-0.05, 0) is 43.0 Å². The molecule has 1 aliphatic carbocycles.